The van der Waals surface area contributed by atoms with Gasteiger partial charge in [-0.1, -0.05) is 33.6 Å². The van der Waals surface area contributed by atoms with Gasteiger partial charge in [0.05, 0.1) is 12.2 Å². The fraction of sp³-hybridized carbons (Fsp3) is 0.300. The smallest absolute Gasteiger partial charge is 0.261 e. The summed E-state index contributed by atoms with van der Waals surface area (Å²) in [7, 11) is 1.59. The largest absolute Gasteiger partial charge is 0.490 e. The highest BCUT2D eigenvalue weighted by atomic mass is 79.9. The topological polar surface area (TPSA) is 59.6 Å². The molecule has 2 aromatic carbocycles. The predicted octanol–water partition coefficient (Wildman–Crippen LogP) is 4.53. The van der Waals surface area contributed by atoms with E-state index in [0.717, 1.165) is 21.3 Å². The van der Waals surface area contributed by atoms with E-state index in [1.807, 2.05) is 26.8 Å². The standard InChI is InChI=1S/C20H23BrN2O3S/c1-12-9-13(2)18(14(3)10-12)22-20(27)23-19(24)16-11-15(21)5-6-17(16)26-8-7-25-4/h5-6,9-11H,7-8H2,1-4H3,(H2,22,23,24,27). The molecule has 0 spiro atoms. The van der Waals surface area contributed by atoms with Crippen molar-refractivity contribution in [1.82, 2.24) is 5.32 Å². The molecule has 0 unspecified atom stereocenters. The molecule has 0 radical (unpaired) electrons. The van der Waals surface area contributed by atoms with Crippen LogP contribution in [0.5, 0.6) is 5.75 Å². The molecular formula is C20H23BrN2O3S. The van der Waals surface area contributed by atoms with Crippen molar-refractivity contribution in [2.75, 3.05) is 25.6 Å². The summed E-state index contributed by atoms with van der Waals surface area (Å²) in [5, 5.41) is 6.07. The highest BCUT2D eigenvalue weighted by Crippen LogP contribution is 2.24. The van der Waals surface area contributed by atoms with Crippen molar-refractivity contribution in [1.29, 1.82) is 0 Å². The molecule has 0 saturated heterocycles. The highest BCUT2D eigenvalue weighted by Gasteiger charge is 2.16. The molecule has 0 aliphatic rings. The van der Waals surface area contributed by atoms with E-state index in [4.69, 9.17) is 21.7 Å². The first-order valence-electron chi connectivity index (χ1n) is 8.43. The third kappa shape index (κ3) is 6.02. The highest BCUT2D eigenvalue weighted by molar-refractivity contribution is 9.10. The maximum Gasteiger partial charge on any atom is 0.261 e. The molecule has 2 N–H and O–H groups in total. The van der Waals surface area contributed by atoms with E-state index in [-0.39, 0.29) is 11.0 Å². The monoisotopic (exact) mass is 450 g/mol. The number of aryl methyl sites for hydroxylation is 3. The van der Waals surface area contributed by atoms with Gasteiger partial charge >= 0.3 is 0 Å². The summed E-state index contributed by atoms with van der Waals surface area (Å²) < 4.78 is 11.4. The van der Waals surface area contributed by atoms with Crippen molar-refractivity contribution in [3.8, 4) is 5.75 Å². The summed E-state index contributed by atoms with van der Waals surface area (Å²) in [6, 6.07) is 9.38. The lowest BCUT2D eigenvalue weighted by Crippen LogP contribution is -2.34. The molecule has 0 fully saturated rings. The summed E-state index contributed by atoms with van der Waals surface area (Å²) in [5.41, 5.74) is 4.60. The number of hydrogen-bond donors (Lipinski definition) is 2. The molecule has 2 rings (SSSR count). The first-order chi connectivity index (χ1) is 12.8. The second-order valence-electron chi connectivity index (χ2n) is 6.16. The van der Waals surface area contributed by atoms with E-state index in [2.05, 4.69) is 38.7 Å². The molecule has 0 aliphatic carbocycles. The van der Waals surface area contributed by atoms with Crippen LogP contribution in [0.2, 0.25) is 0 Å². The quantitative estimate of drug-likeness (QED) is 0.500. The number of amides is 1. The number of carbonyl (C=O) groups excluding carboxylic acids is 1. The molecule has 0 saturated carbocycles. The number of rotatable bonds is 6. The lowest BCUT2D eigenvalue weighted by molar-refractivity contribution is 0.0969. The van der Waals surface area contributed by atoms with Crippen LogP contribution < -0.4 is 15.4 Å². The molecule has 2 aromatic rings. The van der Waals surface area contributed by atoms with Crippen LogP contribution in [0.25, 0.3) is 0 Å². The van der Waals surface area contributed by atoms with Gasteiger partial charge in [0.2, 0.25) is 0 Å². The van der Waals surface area contributed by atoms with Crippen LogP contribution in [0.3, 0.4) is 0 Å². The minimum absolute atomic E-state index is 0.234. The first-order valence-corrected chi connectivity index (χ1v) is 9.63. The van der Waals surface area contributed by atoms with E-state index < -0.39 is 0 Å². The van der Waals surface area contributed by atoms with Crippen LogP contribution in [0.15, 0.2) is 34.8 Å². The molecule has 7 heteroatoms. The maximum absolute atomic E-state index is 12.7. The number of anilines is 1. The minimum atomic E-state index is -0.344. The molecule has 5 nitrogen and oxygen atoms in total. The Morgan fingerprint density at radius 2 is 1.78 bits per heavy atom. The zero-order valence-corrected chi connectivity index (χ0v) is 18.2. The normalized spacial score (nSPS) is 10.4. The molecule has 0 atom stereocenters. The summed E-state index contributed by atoms with van der Waals surface area (Å²) in [6.07, 6.45) is 0. The molecular weight excluding hydrogens is 428 g/mol. The Morgan fingerprint density at radius 3 is 2.41 bits per heavy atom. The Bertz CT molecular complexity index is 832. The summed E-state index contributed by atoms with van der Waals surface area (Å²) >= 11 is 8.71. The number of hydrogen-bond acceptors (Lipinski definition) is 4. The number of nitrogens with one attached hydrogen (secondary N) is 2. The molecule has 144 valence electrons. The van der Waals surface area contributed by atoms with E-state index in [1.54, 1.807) is 19.2 Å². The van der Waals surface area contributed by atoms with E-state index in [1.165, 1.54) is 5.56 Å². The van der Waals surface area contributed by atoms with Gasteiger partial charge in [-0.05, 0) is 62.3 Å². The van der Waals surface area contributed by atoms with E-state index in [9.17, 15) is 4.79 Å². The van der Waals surface area contributed by atoms with Gasteiger partial charge in [-0.15, -0.1) is 0 Å². The second-order valence-corrected chi connectivity index (χ2v) is 7.49. The average Bonchev–Trinajstić information content (AvgIpc) is 2.59. The van der Waals surface area contributed by atoms with Crippen molar-refractivity contribution in [2.24, 2.45) is 0 Å². The van der Waals surface area contributed by atoms with E-state index in [0.29, 0.717) is 24.5 Å². The Labute approximate surface area is 173 Å². The average molecular weight is 451 g/mol. The van der Waals surface area contributed by atoms with Crippen molar-refractivity contribution in [2.45, 2.75) is 20.8 Å². The lowest BCUT2D eigenvalue weighted by atomic mass is 10.1. The SMILES string of the molecule is COCCOc1ccc(Br)cc1C(=O)NC(=S)Nc1c(C)cc(C)cc1C. The number of methoxy groups -OCH3 is 1. The summed E-state index contributed by atoms with van der Waals surface area (Å²) in [4.78, 5) is 12.7. The number of ether oxygens (including phenoxy) is 2. The minimum Gasteiger partial charge on any atom is -0.490 e. The molecule has 0 aromatic heterocycles. The van der Waals surface area contributed by atoms with Crippen LogP contribution in [0.4, 0.5) is 5.69 Å². The summed E-state index contributed by atoms with van der Waals surface area (Å²) in [5.74, 6) is 0.127. The fourth-order valence-electron chi connectivity index (χ4n) is 2.73. The summed E-state index contributed by atoms with van der Waals surface area (Å²) in [6.45, 7) is 6.83. The van der Waals surface area contributed by atoms with Crippen LogP contribution in [-0.2, 0) is 4.74 Å². The molecule has 0 aliphatic heterocycles. The molecule has 27 heavy (non-hydrogen) atoms. The van der Waals surface area contributed by atoms with Gasteiger partial charge in [-0.25, -0.2) is 0 Å². The van der Waals surface area contributed by atoms with Gasteiger partial charge in [0.15, 0.2) is 5.11 Å². The molecule has 1 amide bonds. The number of thiocarbonyl (C=S) groups is 1. The third-order valence-corrected chi connectivity index (χ3v) is 4.57. The van der Waals surface area contributed by atoms with Crippen molar-refractivity contribution in [3.63, 3.8) is 0 Å². The van der Waals surface area contributed by atoms with Crippen LogP contribution in [0.1, 0.15) is 27.0 Å². The maximum atomic E-state index is 12.7. The van der Waals surface area contributed by atoms with Crippen molar-refractivity contribution < 1.29 is 14.3 Å². The first kappa shape index (κ1) is 21.3. The lowest BCUT2D eigenvalue weighted by Gasteiger charge is -2.16. The zero-order valence-electron chi connectivity index (χ0n) is 15.8. The van der Waals surface area contributed by atoms with Gasteiger partial charge in [-0.3, -0.25) is 10.1 Å². The fourth-order valence-corrected chi connectivity index (χ4v) is 3.29. The van der Waals surface area contributed by atoms with Gasteiger partial charge in [-0.2, -0.15) is 0 Å². The van der Waals surface area contributed by atoms with Crippen LogP contribution in [-0.4, -0.2) is 31.3 Å². The third-order valence-electron chi connectivity index (χ3n) is 3.87. The van der Waals surface area contributed by atoms with Gasteiger partial charge in [0, 0.05) is 17.3 Å². The number of halogens is 1. The van der Waals surface area contributed by atoms with Crippen LogP contribution >= 0.6 is 28.1 Å². The number of benzene rings is 2. The van der Waals surface area contributed by atoms with Crippen molar-refractivity contribution in [3.05, 3.63) is 57.1 Å². The second kappa shape index (κ2) is 9.82. The van der Waals surface area contributed by atoms with Crippen molar-refractivity contribution >= 4 is 44.9 Å². The predicted molar refractivity (Wildman–Crippen MR) is 116 cm³/mol. The van der Waals surface area contributed by atoms with Gasteiger partial charge < -0.3 is 14.8 Å². The molecule has 0 bridgehead atoms. The molecule has 0 heterocycles. The van der Waals surface area contributed by atoms with Crippen LogP contribution in [0, 0.1) is 20.8 Å². The van der Waals surface area contributed by atoms with Gasteiger partial charge in [0.1, 0.15) is 12.4 Å². The zero-order chi connectivity index (χ0) is 20.0. The Balaban J connectivity index is 2.13. The van der Waals surface area contributed by atoms with E-state index >= 15 is 0 Å². The Kier molecular flexibility index (Phi) is 7.77. The van der Waals surface area contributed by atoms with Gasteiger partial charge in [0.25, 0.3) is 5.91 Å². The number of carbonyl (C=O) groups is 1. The Morgan fingerprint density at radius 1 is 1.11 bits per heavy atom. The Hall–Kier alpha value is -1.96.